The first-order valence-corrected chi connectivity index (χ1v) is 8.58. The van der Waals surface area contributed by atoms with Crippen molar-refractivity contribution in [1.82, 2.24) is 5.32 Å². The molecule has 3 aliphatic rings. The number of nitrogens with one attached hydrogen (secondary N) is 1. The van der Waals surface area contributed by atoms with Crippen LogP contribution in [0.25, 0.3) is 0 Å². The second-order valence-electron chi connectivity index (χ2n) is 7.35. The van der Waals surface area contributed by atoms with E-state index in [1.165, 1.54) is 38.6 Å². The van der Waals surface area contributed by atoms with Crippen molar-refractivity contribution in [1.29, 1.82) is 0 Å². The Kier molecular flexibility index (Phi) is 4.28. The van der Waals surface area contributed by atoms with E-state index in [4.69, 9.17) is 0 Å². The SMILES string of the molecule is CCCNC1CCCC(CC2CC3CCC2C3)C1. The average Bonchev–Trinajstić information content (AvgIpc) is 2.99. The smallest absolute Gasteiger partial charge is 0.00697 e. The molecule has 0 aromatic carbocycles. The van der Waals surface area contributed by atoms with Gasteiger partial charge in [0, 0.05) is 6.04 Å². The van der Waals surface area contributed by atoms with Gasteiger partial charge in [0.1, 0.15) is 0 Å². The van der Waals surface area contributed by atoms with Gasteiger partial charge in [0.15, 0.2) is 0 Å². The topological polar surface area (TPSA) is 12.0 Å². The van der Waals surface area contributed by atoms with E-state index in [0.29, 0.717) is 0 Å². The van der Waals surface area contributed by atoms with Gasteiger partial charge in [0.2, 0.25) is 0 Å². The Morgan fingerprint density at radius 1 is 1.00 bits per heavy atom. The largest absolute Gasteiger partial charge is 0.314 e. The molecule has 1 heteroatoms. The summed E-state index contributed by atoms with van der Waals surface area (Å²) in [6.45, 7) is 3.51. The molecule has 3 fully saturated rings. The Bertz CT molecular complexity index is 262. The maximum atomic E-state index is 3.76. The molecule has 1 nitrogen and oxygen atoms in total. The summed E-state index contributed by atoms with van der Waals surface area (Å²) in [6, 6.07) is 0.849. The van der Waals surface area contributed by atoms with Gasteiger partial charge in [-0.3, -0.25) is 0 Å². The first kappa shape index (κ1) is 13.0. The molecule has 3 saturated carbocycles. The minimum Gasteiger partial charge on any atom is -0.314 e. The maximum Gasteiger partial charge on any atom is 0.00697 e. The Balaban J connectivity index is 1.44. The molecule has 0 spiro atoms. The molecule has 104 valence electrons. The lowest BCUT2D eigenvalue weighted by Gasteiger charge is -2.33. The third-order valence-corrected chi connectivity index (χ3v) is 5.99. The van der Waals surface area contributed by atoms with Gasteiger partial charge >= 0.3 is 0 Å². The molecule has 2 bridgehead atoms. The van der Waals surface area contributed by atoms with Crippen LogP contribution in [-0.2, 0) is 0 Å². The number of hydrogen-bond acceptors (Lipinski definition) is 1. The van der Waals surface area contributed by atoms with Crippen molar-refractivity contribution in [2.24, 2.45) is 23.7 Å². The Morgan fingerprint density at radius 3 is 2.67 bits per heavy atom. The zero-order chi connectivity index (χ0) is 12.4. The van der Waals surface area contributed by atoms with Gasteiger partial charge in [-0.05, 0) is 75.2 Å². The van der Waals surface area contributed by atoms with Crippen LogP contribution in [0.4, 0.5) is 0 Å². The highest BCUT2D eigenvalue weighted by Gasteiger charge is 2.40. The van der Waals surface area contributed by atoms with Crippen molar-refractivity contribution in [3.8, 4) is 0 Å². The standard InChI is InChI=1S/C17H31N/c1-2-8-18-17-5-3-4-13(12-17)10-16-11-14-6-7-15(16)9-14/h13-18H,2-12H2,1H3. The molecule has 18 heavy (non-hydrogen) atoms. The second-order valence-corrected chi connectivity index (χ2v) is 7.35. The summed E-state index contributed by atoms with van der Waals surface area (Å²) >= 11 is 0. The summed E-state index contributed by atoms with van der Waals surface area (Å²) in [7, 11) is 0. The van der Waals surface area contributed by atoms with Crippen molar-refractivity contribution in [3.63, 3.8) is 0 Å². The van der Waals surface area contributed by atoms with E-state index in [0.717, 1.165) is 29.7 Å². The lowest BCUT2D eigenvalue weighted by Crippen LogP contribution is -2.35. The molecular weight excluding hydrogens is 218 g/mol. The fraction of sp³-hybridized carbons (Fsp3) is 1.00. The van der Waals surface area contributed by atoms with Gasteiger partial charge in [-0.15, -0.1) is 0 Å². The molecule has 0 aromatic heterocycles. The number of rotatable bonds is 5. The quantitative estimate of drug-likeness (QED) is 0.763. The third-order valence-electron chi connectivity index (χ3n) is 5.99. The Morgan fingerprint density at radius 2 is 1.94 bits per heavy atom. The molecular formula is C17H31N. The van der Waals surface area contributed by atoms with Crippen LogP contribution >= 0.6 is 0 Å². The Labute approximate surface area is 113 Å². The van der Waals surface area contributed by atoms with Gasteiger partial charge in [0.25, 0.3) is 0 Å². The summed E-state index contributed by atoms with van der Waals surface area (Å²) < 4.78 is 0. The van der Waals surface area contributed by atoms with Crippen molar-refractivity contribution in [2.75, 3.05) is 6.54 Å². The van der Waals surface area contributed by atoms with Gasteiger partial charge < -0.3 is 5.32 Å². The average molecular weight is 249 g/mol. The summed E-state index contributed by atoms with van der Waals surface area (Å²) in [5.41, 5.74) is 0. The van der Waals surface area contributed by atoms with E-state index >= 15 is 0 Å². The predicted octanol–water partition coefficient (Wildman–Crippen LogP) is 4.37. The van der Waals surface area contributed by atoms with Crippen LogP contribution in [0.2, 0.25) is 0 Å². The van der Waals surface area contributed by atoms with E-state index in [-0.39, 0.29) is 0 Å². The summed E-state index contributed by atoms with van der Waals surface area (Å²) in [5, 5.41) is 3.76. The van der Waals surface area contributed by atoms with E-state index in [1.54, 1.807) is 32.1 Å². The van der Waals surface area contributed by atoms with Crippen molar-refractivity contribution in [2.45, 2.75) is 77.2 Å². The third kappa shape index (κ3) is 2.92. The fourth-order valence-corrected chi connectivity index (χ4v) is 5.13. The fourth-order valence-electron chi connectivity index (χ4n) is 5.13. The van der Waals surface area contributed by atoms with Crippen LogP contribution in [0.5, 0.6) is 0 Å². The molecule has 3 aliphatic carbocycles. The van der Waals surface area contributed by atoms with Gasteiger partial charge in [0.05, 0.1) is 0 Å². The number of fused-ring (bicyclic) bond motifs is 2. The molecule has 3 rings (SSSR count). The minimum absolute atomic E-state index is 0.849. The normalized spacial score (nSPS) is 43.5. The molecule has 5 unspecified atom stereocenters. The highest BCUT2D eigenvalue weighted by molar-refractivity contribution is 4.91. The van der Waals surface area contributed by atoms with Crippen molar-refractivity contribution in [3.05, 3.63) is 0 Å². The van der Waals surface area contributed by atoms with Gasteiger partial charge in [-0.1, -0.05) is 26.2 Å². The summed E-state index contributed by atoms with van der Waals surface area (Å²) in [5.74, 6) is 4.45. The van der Waals surface area contributed by atoms with Crippen LogP contribution in [-0.4, -0.2) is 12.6 Å². The van der Waals surface area contributed by atoms with Crippen molar-refractivity contribution < 1.29 is 0 Å². The highest BCUT2D eigenvalue weighted by atomic mass is 14.9. The first-order valence-electron chi connectivity index (χ1n) is 8.58. The van der Waals surface area contributed by atoms with Gasteiger partial charge in [-0.2, -0.15) is 0 Å². The number of hydrogen-bond donors (Lipinski definition) is 1. The molecule has 0 heterocycles. The van der Waals surface area contributed by atoms with Crippen molar-refractivity contribution >= 4 is 0 Å². The molecule has 5 atom stereocenters. The zero-order valence-electron chi connectivity index (χ0n) is 12.2. The van der Waals surface area contributed by atoms with Crippen LogP contribution < -0.4 is 5.32 Å². The lowest BCUT2D eigenvalue weighted by molar-refractivity contribution is 0.206. The molecule has 1 N–H and O–H groups in total. The van der Waals surface area contributed by atoms with Crippen LogP contribution in [0.1, 0.15) is 71.1 Å². The van der Waals surface area contributed by atoms with E-state index in [9.17, 15) is 0 Å². The second kappa shape index (κ2) is 5.94. The first-order chi connectivity index (χ1) is 8.85. The van der Waals surface area contributed by atoms with Crippen LogP contribution in [0.3, 0.4) is 0 Å². The van der Waals surface area contributed by atoms with E-state index in [2.05, 4.69) is 12.2 Å². The molecule has 0 aliphatic heterocycles. The molecule has 0 saturated heterocycles. The molecule has 0 radical (unpaired) electrons. The monoisotopic (exact) mass is 249 g/mol. The van der Waals surface area contributed by atoms with Gasteiger partial charge in [-0.25, -0.2) is 0 Å². The highest BCUT2D eigenvalue weighted by Crippen LogP contribution is 2.51. The molecule has 0 aromatic rings. The Hall–Kier alpha value is -0.0400. The van der Waals surface area contributed by atoms with Crippen LogP contribution in [0, 0.1) is 23.7 Å². The summed E-state index contributed by atoms with van der Waals surface area (Å²) in [4.78, 5) is 0. The lowest BCUT2D eigenvalue weighted by atomic mass is 9.76. The minimum atomic E-state index is 0.849. The van der Waals surface area contributed by atoms with Crippen LogP contribution in [0.15, 0.2) is 0 Å². The summed E-state index contributed by atoms with van der Waals surface area (Å²) in [6.07, 6.45) is 15.1. The maximum absolute atomic E-state index is 3.76. The van der Waals surface area contributed by atoms with E-state index in [1.807, 2.05) is 0 Å². The molecule has 0 amide bonds. The van der Waals surface area contributed by atoms with E-state index < -0.39 is 0 Å². The predicted molar refractivity (Wildman–Crippen MR) is 77.6 cm³/mol. The zero-order valence-corrected chi connectivity index (χ0v) is 12.2.